The molecule has 0 saturated heterocycles. The molecule has 0 aliphatic carbocycles. The van der Waals surface area contributed by atoms with Crippen molar-refractivity contribution in [1.29, 1.82) is 0 Å². The maximum absolute atomic E-state index is 13.3. The number of aryl methyl sites for hydroxylation is 1. The lowest BCUT2D eigenvalue weighted by atomic mass is 10.1. The van der Waals surface area contributed by atoms with Crippen LogP contribution in [0.2, 0.25) is 0 Å². The number of carboxylic acid groups (broad SMARTS) is 1. The van der Waals surface area contributed by atoms with E-state index in [1.807, 2.05) is 0 Å². The van der Waals surface area contributed by atoms with E-state index < -0.39 is 29.7 Å². The monoisotopic (exact) mass is 220 g/mol. The second-order valence-corrected chi connectivity index (χ2v) is 2.76. The molecule has 0 amide bonds. The van der Waals surface area contributed by atoms with Gasteiger partial charge in [0.05, 0.1) is 0 Å². The van der Waals surface area contributed by atoms with Gasteiger partial charge in [0.15, 0.2) is 11.6 Å². The molecule has 3 nitrogen and oxygen atoms in total. The van der Waals surface area contributed by atoms with Gasteiger partial charge in [-0.05, 0) is 18.6 Å². The van der Waals surface area contributed by atoms with Crippen molar-refractivity contribution in [2.75, 3.05) is 0 Å². The molecule has 1 aromatic rings. The summed E-state index contributed by atoms with van der Waals surface area (Å²) in [6.07, 6.45) is 0. The molecule has 0 atom stereocenters. The Morgan fingerprint density at radius 2 is 2.07 bits per heavy atom. The predicted molar refractivity (Wildman–Crippen MR) is 44.7 cm³/mol. The molecule has 0 fully saturated rings. The normalized spacial score (nSPS) is 10.5. The van der Waals surface area contributed by atoms with Gasteiger partial charge in [-0.2, -0.15) is 8.78 Å². The number of hydrogen-bond donors (Lipinski definition) is 1. The average Bonchev–Trinajstić information content (AvgIpc) is 2.12. The number of rotatable bonds is 3. The molecule has 0 unspecified atom stereocenters. The largest absolute Gasteiger partial charge is 0.478 e. The highest BCUT2D eigenvalue weighted by Gasteiger charge is 2.20. The van der Waals surface area contributed by atoms with Gasteiger partial charge in [-0.1, -0.05) is 6.07 Å². The van der Waals surface area contributed by atoms with E-state index >= 15 is 0 Å². The molecule has 0 radical (unpaired) electrons. The van der Waals surface area contributed by atoms with Crippen LogP contribution in [0.15, 0.2) is 12.1 Å². The molecule has 82 valence electrons. The van der Waals surface area contributed by atoms with Crippen LogP contribution in [0.5, 0.6) is 5.75 Å². The lowest BCUT2D eigenvalue weighted by Crippen LogP contribution is -2.10. The number of carboxylic acids is 1. The van der Waals surface area contributed by atoms with Crippen molar-refractivity contribution in [1.82, 2.24) is 0 Å². The van der Waals surface area contributed by atoms with E-state index in [0.29, 0.717) is 0 Å². The highest BCUT2D eigenvalue weighted by Crippen LogP contribution is 2.27. The Hall–Kier alpha value is -1.72. The fraction of sp³-hybridized carbons (Fsp3) is 0.222. The third-order valence-corrected chi connectivity index (χ3v) is 1.73. The van der Waals surface area contributed by atoms with Crippen LogP contribution in [0.3, 0.4) is 0 Å². The van der Waals surface area contributed by atoms with Crippen LogP contribution in [0.25, 0.3) is 0 Å². The molecule has 0 aliphatic heterocycles. The smallest absolute Gasteiger partial charge is 0.387 e. The number of benzene rings is 1. The molecule has 0 heterocycles. The van der Waals surface area contributed by atoms with Crippen LogP contribution in [0.1, 0.15) is 15.9 Å². The molecule has 0 aliphatic rings. The zero-order valence-electron chi connectivity index (χ0n) is 7.63. The summed E-state index contributed by atoms with van der Waals surface area (Å²) in [7, 11) is 0. The molecule has 1 rings (SSSR count). The summed E-state index contributed by atoms with van der Waals surface area (Å²) in [6, 6.07) is 2.19. The summed E-state index contributed by atoms with van der Waals surface area (Å²) >= 11 is 0. The molecule has 0 aromatic heterocycles. The summed E-state index contributed by atoms with van der Waals surface area (Å²) in [4.78, 5) is 10.6. The summed E-state index contributed by atoms with van der Waals surface area (Å²) in [5.41, 5.74) is -0.589. The minimum Gasteiger partial charge on any atom is -0.478 e. The van der Waals surface area contributed by atoms with E-state index in [1.54, 1.807) is 0 Å². The summed E-state index contributed by atoms with van der Waals surface area (Å²) in [6.45, 7) is -1.95. The molecular weight excluding hydrogens is 213 g/mol. The number of alkyl halides is 2. The molecule has 0 spiro atoms. The molecule has 1 N–H and O–H groups in total. The van der Waals surface area contributed by atoms with Gasteiger partial charge in [-0.15, -0.1) is 0 Å². The molecule has 0 bridgehead atoms. The maximum atomic E-state index is 13.3. The Morgan fingerprint density at radius 3 is 2.53 bits per heavy atom. The fourth-order valence-electron chi connectivity index (χ4n) is 1.03. The van der Waals surface area contributed by atoms with Crippen molar-refractivity contribution < 1.29 is 27.8 Å². The number of carbonyl (C=O) groups is 1. The van der Waals surface area contributed by atoms with Gasteiger partial charge in [0.2, 0.25) is 0 Å². The second-order valence-electron chi connectivity index (χ2n) is 2.76. The van der Waals surface area contributed by atoms with Gasteiger partial charge in [0, 0.05) is 0 Å². The Morgan fingerprint density at radius 1 is 1.47 bits per heavy atom. The van der Waals surface area contributed by atoms with E-state index in [-0.39, 0.29) is 5.56 Å². The van der Waals surface area contributed by atoms with Crippen molar-refractivity contribution in [3.8, 4) is 5.75 Å². The lowest BCUT2D eigenvalue weighted by molar-refractivity contribution is -0.0527. The summed E-state index contributed by atoms with van der Waals surface area (Å²) < 4.78 is 40.9. The van der Waals surface area contributed by atoms with Crippen LogP contribution >= 0.6 is 0 Å². The first-order valence-corrected chi connectivity index (χ1v) is 3.90. The molecule has 1 aromatic carbocycles. The minimum atomic E-state index is -3.26. The predicted octanol–water partition coefficient (Wildman–Crippen LogP) is 2.43. The van der Waals surface area contributed by atoms with Gasteiger partial charge in [-0.3, -0.25) is 0 Å². The van der Waals surface area contributed by atoms with E-state index in [0.717, 1.165) is 6.07 Å². The molecule has 0 saturated carbocycles. The van der Waals surface area contributed by atoms with Gasteiger partial charge in [0.1, 0.15) is 5.56 Å². The van der Waals surface area contributed by atoms with Crippen LogP contribution < -0.4 is 4.74 Å². The Kier molecular flexibility index (Phi) is 3.18. The summed E-state index contributed by atoms with van der Waals surface area (Å²) in [5.74, 6) is -3.54. The van der Waals surface area contributed by atoms with Crippen molar-refractivity contribution in [2.45, 2.75) is 13.5 Å². The zero-order valence-corrected chi connectivity index (χ0v) is 7.63. The molecule has 15 heavy (non-hydrogen) atoms. The Bertz CT molecular complexity index is 390. The van der Waals surface area contributed by atoms with Crippen LogP contribution in [0, 0.1) is 12.7 Å². The third-order valence-electron chi connectivity index (χ3n) is 1.73. The van der Waals surface area contributed by atoms with Gasteiger partial charge >= 0.3 is 12.6 Å². The average molecular weight is 220 g/mol. The van der Waals surface area contributed by atoms with Crippen LogP contribution in [0.4, 0.5) is 13.2 Å². The third kappa shape index (κ3) is 2.39. The highest BCUT2D eigenvalue weighted by molar-refractivity contribution is 5.91. The first-order valence-electron chi connectivity index (χ1n) is 3.90. The van der Waals surface area contributed by atoms with Gasteiger partial charge < -0.3 is 9.84 Å². The van der Waals surface area contributed by atoms with E-state index in [9.17, 15) is 18.0 Å². The number of aromatic carboxylic acids is 1. The van der Waals surface area contributed by atoms with Crippen molar-refractivity contribution in [2.24, 2.45) is 0 Å². The van der Waals surface area contributed by atoms with Gasteiger partial charge in [0.25, 0.3) is 0 Å². The number of halogens is 3. The number of ether oxygens (including phenoxy) is 1. The van der Waals surface area contributed by atoms with Crippen molar-refractivity contribution >= 4 is 5.97 Å². The Balaban J connectivity index is 3.28. The first kappa shape index (κ1) is 11.4. The van der Waals surface area contributed by atoms with Crippen LogP contribution in [-0.2, 0) is 0 Å². The quantitative estimate of drug-likeness (QED) is 0.850. The molecule has 6 heteroatoms. The minimum absolute atomic E-state index is 0.0376. The topological polar surface area (TPSA) is 46.5 Å². The van der Waals surface area contributed by atoms with Gasteiger partial charge in [-0.25, -0.2) is 9.18 Å². The Labute approximate surface area is 83.1 Å². The zero-order chi connectivity index (χ0) is 11.6. The fourth-order valence-corrected chi connectivity index (χ4v) is 1.03. The molecular formula is C9H7F3O3. The number of hydrogen-bond acceptors (Lipinski definition) is 2. The lowest BCUT2D eigenvalue weighted by Gasteiger charge is -2.10. The SMILES string of the molecule is Cc1ccc(C(=O)O)c(OC(F)F)c1F. The maximum Gasteiger partial charge on any atom is 0.387 e. The first-order chi connectivity index (χ1) is 6.93. The highest BCUT2D eigenvalue weighted by atomic mass is 19.3. The van der Waals surface area contributed by atoms with E-state index in [4.69, 9.17) is 5.11 Å². The second kappa shape index (κ2) is 4.20. The van der Waals surface area contributed by atoms with E-state index in [2.05, 4.69) is 4.74 Å². The van der Waals surface area contributed by atoms with Crippen LogP contribution in [-0.4, -0.2) is 17.7 Å². The van der Waals surface area contributed by atoms with E-state index in [1.165, 1.54) is 13.0 Å². The van der Waals surface area contributed by atoms with Crippen molar-refractivity contribution in [3.05, 3.63) is 29.1 Å². The summed E-state index contributed by atoms with van der Waals surface area (Å²) in [5, 5.41) is 8.60. The van der Waals surface area contributed by atoms with Crippen molar-refractivity contribution in [3.63, 3.8) is 0 Å². The standard InChI is InChI=1S/C9H7F3O3/c1-4-2-3-5(8(13)14)7(6(4)10)15-9(11)12/h2-3,9H,1H3,(H,13,14).